The highest BCUT2D eigenvalue weighted by molar-refractivity contribution is 5.71. The molecule has 8 heteroatoms. The summed E-state index contributed by atoms with van der Waals surface area (Å²) in [6, 6.07) is 26.9. The quantitative estimate of drug-likeness (QED) is 0.306. The molecule has 4 aromatic rings. The number of hydrogen-bond donors (Lipinski definition) is 1. The van der Waals surface area contributed by atoms with Crippen LogP contribution in [-0.4, -0.2) is 11.3 Å². The van der Waals surface area contributed by atoms with Gasteiger partial charge in [0.1, 0.15) is 19.0 Å². The normalized spacial score (nSPS) is 11.2. The lowest BCUT2D eigenvalue weighted by Gasteiger charge is -2.16. The van der Waals surface area contributed by atoms with E-state index in [9.17, 15) is 13.2 Å². The smallest absolute Gasteiger partial charge is 0.473 e. The van der Waals surface area contributed by atoms with Crippen molar-refractivity contribution < 1.29 is 27.4 Å². The van der Waals surface area contributed by atoms with E-state index in [4.69, 9.17) is 15.2 Å². The molecule has 3 aromatic carbocycles. The number of halogens is 3. The highest BCUT2D eigenvalue weighted by Crippen LogP contribution is 2.36. The molecule has 0 bridgehead atoms. The van der Waals surface area contributed by atoms with Gasteiger partial charge in [-0.2, -0.15) is 4.98 Å². The second-order valence-corrected chi connectivity index (χ2v) is 7.63. The fourth-order valence-corrected chi connectivity index (χ4v) is 3.40. The first-order valence-corrected chi connectivity index (χ1v) is 10.8. The minimum Gasteiger partial charge on any atom is -0.473 e. The molecule has 0 spiro atoms. The van der Waals surface area contributed by atoms with Crippen LogP contribution in [-0.2, 0) is 19.8 Å². The van der Waals surface area contributed by atoms with Crippen LogP contribution in [0.3, 0.4) is 0 Å². The van der Waals surface area contributed by atoms with E-state index in [0.717, 1.165) is 11.1 Å². The van der Waals surface area contributed by atoms with Gasteiger partial charge in [0.15, 0.2) is 0 Å². The molecule has 0 aliphatic carbocycles. The van der Waals surface area contributed by atoms with E-state index in [2.05, 4.69) is 9.72 Å². The monoisotopic (exact) mass is 480 g/mol. The number of nitrogens with two attached hydrogens (primary N) is 1. The van der Waals surface area contributed by atoms with Crippen LogP contribution in [0.5, 0.6) is 17.5 Å². The molecule has 0 atom stereocenters. The molecule has 0 aliphatic heterocycles. The number of aromatic nitrogens is 1. The van der Waals surface area contributed by atoms with E-state index >= 15 is 0 Å². The first kappa shape index (κ1) is 24.1. The van der Waals surface area contributed by atoms with Crippen LogP contribution >= 0.6 is 0 Å². The number of hydrogen-bond acceptors (Lipinski definition) is 5. The third-order valence-electron chi connectivity index (χ3n) is 5.11. The first-order chi connectivity index (χ1) is 16.9. The maximum Gasteiger partial charge on any atom is 0.573 e. The number of rotatable bonds is 9. The van der Waals surface area contributed by atoms with Crippen LogP contribution in [0.4, 0.5) is 13.2 Å². The van der Waals surface area contributed by atoms with Gasteiger partial charge in [0.05, 0.1) is 0 Å². The van der Waals surface area contributed by atoms with E-state index in [1.165, 1.54) is 12.1 Å². The average molecular weight is 480 g/mol. The van der Waals surface area contributed by atoms with Gasteiger partial charge in [-0.15, -0.1) is 13.2 Å². The van der Waals surface area contributed by atoms with Crippen molar-refractivity contribution in [3.63, 3.8) is 0 Å². The van der Waals surface area contributed by atoms with Crippen LogP contribution in [0.2, 0.25) is 0 Å². The topological polar surface area (TPSA) is 66.6 Å². The molecule has 0 radical (unpaired) electrons. The lowest BCUT2D eigenvalue weighted by atomic mass is 10.0. The summed E-state index contributed by atoms with van der Waals surface area (Å²) >= 11 is 0. The Morgan fingerprint density at radius 3 is 1.97 bits per heavy atom. The Balaban J connectivity index is 1.66. The zero-order valence-electron chi connectivity index (χ0n) is 18.7. The predicted octanol–water partition coefficient (Wildman–Crippen LogP) is 6.26. The summed E-state index contributed by atoms with van der Waals surface area (Å²) in [6.07, 6.45) is -4.84. The molecule has 0 amide bonds. The molecule has 0 aliphatic rings. The molecule has 5 nitrogen and oxygen atoms in total. The molecule has 0 unspecified atom stereocenters. The average Bonchev–Trinajstić information content (AvgIpc) is 2.86. The standard InChI is InChI=1S/C27H23F3N2O3/c28-27(29,30)35-24-15-21(11-12-22(24)16-31)23-13-14-25(33-17-19-7-3-1-4-8-19)32-26(23)34-18-20-9-5-2-6-10-20/h1-15H,16-18,31H2. The van der Waals surface area contributed by atoms with Crippen LogP contribution in [0.1, 0.15) is 16.7 Å². The summed E-state index contributed by atoms with van der Waals surface area (Å²) in [5.41, 5.74) is 8.64. The number of pyridine rings is 1. The maximum atomic E-state index is 12.9. The van der Waals surface area contributed by atoms with Gasteiger partial charge in [-0.1, -0.05) is 72.8 Å². The van der Waals surface area contributed by atoms with E-state index in [-0.39, 0.29) is 30.3 Å². The minimum absolute atomic E-state index is 0.104. The summed E-state index contributed by atoms with van der Waals surface area (Å²) < 4.78 is 54.8. The highest BCUT2D eigenvalue weighted by Gasteiger charge is 2.32. The Morgan fingerprint density at radius 1 is 0.743 bits per heavy atom. The summed E-state index contributed by atoms with van der Waals surface area (Å²) in [4.78, 5) is 4.49. The molecule has 35 heavy (non-hydrogen) atoms. The summed E-state index contributed by atoms with van der Waals surface area (Å²) in [7, 11) is 0. The van der Waals surface area contributed by atoms with Crippen LogP contribution in [0, 0.1) is 0 Å². The van der Waals surface area contributed by atoms with Crippen molar-refractivity contribution in [2.24, 2.45) is 5.73 Å². The fourth-order valence-electron chi connectivity index (χ4n) is 3.40. The second kappa shape index (κ2) is 10.9. The van der Waals surface area contributed by atoms with Gasteiger partial charge in [0.25, 0.3) is 0 Å². The van der Waals surface area contributed by atoms with E-state index < -0.39 is 6.36 Å². The molecule has 1 aromatic heterocycles. The van der Waals surface area contributed by atoms with Gasteiger partial charge in [-0.3, -0.25) is 0 Å². The minimum atomic E-state index is -4.84. The Bertz CT molecular complexity index is 1250. The lowest BCUT2D eigenvalue weighted by Crippen LogP contribution is -2.18. The molecule has 0 fully saturated rings. The number of alkyl halides is 3. The van der Waals surface area contributed by atoms with Crippen molar-refractivity contribution in [3.8, 4) is 28.6 Å². The Morgan fingerprint density at radius 2 is 1.37 bits per heavy atom. The van der Waals surface area contributed by atoms with Gasteiger partial charge in [0.2, 0.25) is 11.8 Å². The van der Waals surface area contributed by atoms with Crippen molar-refractivity contribution >= 4 is 0 Å². The molecule has 1 heterocycles. The van der Waals surface area contributed by atoms with Crippen molar-refractivity contribution in [3.05, 3.63) is 108 Å². The maximum absolute atomic E-state index is 12.9. The molecule has 2 N–H and O–H groups in total. The van der Waals surface area contributed by atoms with Crippen LogP contribution in [0.15, 0.2) is 91.0 Å². The summed E-state index contributed by atoms with van der Waals surface area (Å²) in [6.45, 7) is 0.420. The second-order valence-electron chi connectivity index (χ2n) is 7.63. The Labute approximate surface area is 200 Å². The summed E-state index contributed by atoms with van der Waals surface area (Å²) in [5, 5.41) is 0. The largest absolute Gasteiger partial charge is 0.573 e. The molecular weight excluding hydrogens is 457 g/mol. The van der Waals surface area contributed by atoms with Gasteiger partial charge in [-0.25, -0.2) is 0 Å². The number of benzene rings is 3. The van der Waals surface area contributed by atoms with E-state index in [1.54, 1.807) is 18.2 Å². The van der Waals surface area contributed by atoms with Gasteiger partial charge >= 0.3 is 6.36 Å². The predicted molar refractivity (Wildman–Crippen MR) is 126 cm³/mol. The first-order valence-electron chi connectivity index (χ1n) is 10.8. The zero-order valence-corrected chi connectivity index (χ0v) is 18.7. The third-order valence-corrected chi connectivity index (χ3v) is 5.11. The van der Waals surface area contributed by atoms with Crippen LogP contribution in [0.25, 0.3) is 11.1 Å². The molecule has 4 rings (SSSR count). The van der Waals surface area contributed by atoms with E-state index in [1.807, 2.05) is 60.7 Å². The molecule has 0 saturated heterocycles. The molecule has 180 valence electrons. The fraction of sp³-hybridized carbons (Fsp3) is 0.148. The van der Waals surface area contributed by atoms with Crippen molar-refractivity contribution in [1.29, 1.82) is 0 Å². The zero-order chi connectivity index (χ0) is 24.7. The third kappa shape index (κ3) is 6.74. The Hall–Kier alpha value is -4.04. The van der Waals surface area contributed by atoms with Crippen molar-refractivity contribution in [2.45, 2.75) is 26.1 Å². The lowest BCUT2D eigenvalue weighted by molar-refractivity contribution is -0.274. The number of ether oxygens (including phenoxy) is 3. The van der Waals surface area contributed by atoms with Gasteiger partial charge in [0, 0.05) is 23.7 Å². The number of nitrogens with zero attached hydrogens (tertiary/aromatic N) is 1. The van der Waals surface area contributed by atoms with Gasteiger partial charge < -0.3 is 19.9 Å². The highest BCUT2D eigenvalue weighted by atomic mass is 19.4. The SMILES string of the molecule is NCc1ccc(-c2ccc(OCc3ccccc3)nc2OCc2ccccc2)cc1OC(F)(F)F. The molecular formula is C27H23F3N2O3. The van der Waals surface area contributed by atoms with Gasteiger partial charge in [-0.05, 0) is 28.8 Å². The summed E-state index contributed by atoms with van der Waals surface area (Å²) in [5.74, 6) is 0.180. The molecule has 0 saturated carbocycles. The van der Waals surface area contributed by atoms with Crippen molar-refractivity contribution in [2.75, 3.05) is 0 Å². The van der Waals surface area contributed by atoms with Crippen molar-refractivity contribution in [1.82, 2.24) is 4.98 Å². The van der Waals surface area contributed by atoms with E-state index in [0.29, 0.717) is 23.6 Å². The Kier molecular flexibility index (Phi) is 7.52. The van der Waals surface area contributed by atoms with Crippen LogP contribution < -0.4 is 19.9 Å².